The molecule has 5 nitrogen and oxygen atoms in total. The van der Waals surface area contributed by atoms with Gasteiger partial charge in [0.15, 0.2) is 16.7 Å². The first kappa shape index (κ1) is 30.8. The second-order valence-electron chi connectivity index (χ2n) is 10.6. The van der Waals surface area contributed by atoms with Gasteiger partial charge in [-0.2, -0.15) is 0 Å². The number of fused-ring (bicyclic) bond motifs is 1. The van der Waals surface area contributed by atoms with Crippen molar-refractivity contribution in [1.29, 1.82) is 0 Å². The summed E-state index contributed by atoms with van der Waals surface area (Å²) in [6, 6.07) is 31.3. The lowest BCUT2D eigenvalue weighted by Crippen LogP contribution is -2.28. The first-order valence-electron chi connectivity index (χ1n) is 14.5. The van der Waals surface area contributed by atoms with E-state index in [0.717, 1.165) is 27.6 Å². The zero-order valence-corrected chi connectivity index (χ0v) is 27.3. The molecule has 6 rings (SSSR count). The molecule has 1 aliphatic rings. The van der Waals surface area contributed by atoms with Gasteiger partial charge < -0.3 is 9.47 Å². The number of aryl methyl sites for hydroxylation is 2. The molecular weight excluding hydrogens is 623 g/mol. The van der Waals surface area contributed by atoms with E-state index < -0.39 is 0 Å². The Morgan fingerprint density at radius 2 is 1.58 bits per heavy atom. The maximum atomic E-state index is 13.9. The van der Waals surface area contributed by atoms with Crippen LogP contribution in [0.2, 0.25) is 10.0 Å². The molecule has 0 N–H and O–H groups in total. The molecule has 0 saturated carbocycles. The number of amides is 1. The Hall–Kier alpha value is -4.23. The van der Waals surface area contributed by atoms with Crippen LogP contribution >= 0.6 is 35.0 Å². The number of carbonyl (C=O) groups excluding carboxylic acids is 1. The van der Waals surface area contributed by atoms with Crippen molar-refractivity contribution in [1.82, 2.24) is 0 Å². The van der Waals surface area contributed by atoms with E-state index in [0.29, 0.717) is 56.2 Å². The van der Waals surface area contributed by atoms with E-state index in [-0.39, 0.29) is 5.91 Å². The smallest absolute Gasteiger partial charge is 0.271 e. The summed E-state index contributed by atoms with van der Waals surface area (Å²) in [5.74, 6) is 1.03. The molecule has 0 bridgehead atoms. The minimum atomic E-state index is -0.203. The van der Waals surface area contributed by atoms with Crippen molar-refractivity contribution >= 4 is 74.3 Å². The van der Waals surface area contributed by atoms with Gasteiger partial charge >= 0.3 is 0 Å². The summed E-state index contributed by atoms with van der Waals surface area (Å²) in [6.07, 6.45) is 1.84. The highest BCUT2D eigenvalue weighted by Gasteiger charge is 2.35. The summed E-state index contributed by atoms with van der Waals surface area (Å²) in [5, 5.41) is 4.01. The molecule has 1 fully saturated rings. The van der Waals surface area contributed by atoms with E-state index in [1.165, 1.54) is 17.1 Å². The monoisotopic (exact) mass is 652 g/mol. The summed E-state index contributed by atoms with van der Waals surface area (Å²) in [5.41, 5.74) is 5.05. The third-order valence-corrected chi connectivity index (χ3v) is 9.21. The van der Waals surface area contributed by atoms with Gasteiger partial charge in [-0.15, -0.1) is 0 Å². The molecule has 1 heterocycles. The van der Waals surface area contributed by atoms with E-state index in [9.17, 15) is 4.79 Å². The van der Waals surface area contributed by atoms with Gasteiger partial charge in [0.2, 0.25) is 0 Å². The number of hydrogen-bond acceptors (Lipinski definition) is 5. The van der Waals surface area contributed by atoms with Gasteiger partial charge in [0, 0.05) is 10.0 Å². The van der Waals surface area contributed by atoms with Gasteiger partial charge in [-0.25, -0.2) is 4.99 Å². The maximum Gasteiger partial charge on any atom is 0.271 e. The number of ether oxygens (including phenoxy) is 2. The van der Waals surface area contributed by atoms with Gasteiger partial charge in [0.05, 0.1) is 22.9 Å². The summed E-state index contributed by atoms with van der Waals surface area (Å²) >= 11 is 14.1. The van der Waals surface area contributed by atoms with Crippen LogP contribution in [0.5, 0.6) is 11.5 Å². The molecule has 0 spiro atoms. The lowest BCUT2D eigenvalue weighted by atomic mass is 10.1. The van der Waals surface area contributed by atoms with Gasteiger partial charge in [-0.05, 0) is 108 Å². The second-order valence-corrected chi connectivity index (χ2v) is 12.4. The molecule has 45 heavy (non-hydrogen) atoms. The Bertz CT molecular complexity index is 1980. The van der Waals surface area contributed by atoms with Crippen LogP contribution in [0.1, 0.15) is 29.2 Å². The zero-order chi connectivity index (χ0) is 31.5. The Kier molecular flexibility index (Phi) is 9.17. The van der Waals surface area contributed by atoms with Crippen LogP contribution in [0.3, 0.4) is 0 Å². The number of aliphatic imine (C=N–C) groups is 1. The zero-order valence-electron chi connectivity index (χ0n) is 25.0. The minimum Gasteiger partial charge on any atom is -0.490 e. The average molecular weight is 654 g/mol. The van der Waals surface area contributed by atoms with E-state index in [2.05, 4.69) is 24.3 Å². The number of halogens is 2. The highest BCUT2D eigenvalue weighted by molar-refractivity contribution is 8.19. The third-order valence-electron chi connectivity index (χ3n) is 7.43. The highest BCUT2D eigenvalue weighted by atomic mass is 35.5. The standard InChI is InChI=1S/C37H30Cl2N2O3S/c1-4-43-34-18-25(14-17-33(34)44-22-27-10-7-9-26-8-5-6-11-30(26)27)19-35-36(42)41(29-16-13-24(3)32(39)21-29)37(45-35)40-28-15-12-23(2)31(38)20-28/h5-21H,4,22H2,1-3H3/b35-19+,40-37?. The molecule has 5 aromatic rings. The Morgan fingerprint density at radius 1 is 0.822 bits per heavy atom. The van der Waals surface area contributed by atoms with Crippen LogP contribution in [-0.4, -0.2) is 17.7 Å². The fraction of sp³-hybridized carbons (Fsp3) is 0.135. The summed E-state index contributed by atoms with van der Waals surface area (Å²) < 4.78 is 12.2. The number of benzene rings is 5. The van der Waals surface area contributed by atoms with Crippen LogP contribution < -0.4 is 14.4 Å². The minimum absolute atomic E-state index is 0.203. The van der Waals surface area contributed by atoms with Gasteiger partial charge in [0.1, 0.15) is 6.61 Å². The number of nitrogens with zero attached hydrogens (tertiary/aromatic N) is 2. The van der Waals surface area contributed by atoms with Crippen LogP contribution in [0.15, 0.2) is 107 Å². The van der Waals surface area contributed by atoms with Gasteiger partial charge in [-0.1, -0.05) is 83.9 Å². The van der Waals surface area contributed by atoms with Crippen molar-refractivity contribution in [2.45, 2.75) is 27.4 Å². The van der Waals surface area contributed by atoms with Gasteiger partial charge in [-0.3, -0.25) is 9.69 Å². The molecule has 5 aromatic carbocycles. The number of amidine groups is 1. The maximum absolute atomic E-state index is 13.9. The Labute approximate surface area is 277 Å². The molecule has 0 aliphatic carbocycles. The van der Waals surface area contributed by atoms with Crippen LogP contribution in [-0.2, 0) is 11.4 Å². The Balaban J connectivity index is 1.32. The molecular formula is C37H30Cl2N2O3S. The van der Waals surface area contributed by atoms with Crippen molar-refractivity contribution < 1.29 is 14.3 Å². The summed E-state index contributed by atoms with van der Waals surface area (Å²) in [7, 11) is 0. The van der Waals surface area contributed by atoms with Crippen molar-refractivity contribution in [3.63, 3.8) is 0 Å². The predicted molar refractivity (Wildman–Crippen MR) is 188 cm³/mol. The Morgan fingerprint density at radius 3 is 2.36 bits per heavy atom. The molecule has 0 atom stereocenters. The highest BCUT2D eigenvalue weighted by Crippen LogP contribution is 2.40. The topological polar surface area (TPSA) is 51.1 Å². The molecule has 1 amide bonds. The predicted octanol–water partition coefficient (Wildman–Crippen LogP) is 10.5. The van der Waals surface area contributed by atoms with Crippen LogP contribution in [0, 0.1) is 13.8 Å². The third kappa shape index (κ3) is 6.74. The fourth-order valence-electron chi connectivity index (χ4n) is 4.99. The summed E-state index contributed by atoms with van der Waals surface area (Å²) in [4.78, 5) is 20.8. The molecule has 0 aromatic heterocycles. The van der Waals surface area contributed by atoms with Crippen molar-refractivity contribution in [2.75, 3.05) is 11.5 Å². The quantitative estimate of drug-likeness (QED) is 0.156. The first-order valence-corrected chi connectivity index (χ1v) is 16.1. The van der Waals surface area contributed by atoms with E-state index in [1.807, 2.05) is 87.5 Å². The fourth-order valence-corrected chi connectivity index (χ4v) is 6.34. The normalized spacial score (nSPS) is 15.0. The van der Waals surface area contributed by atoms with E-state index in [1.54, 1.807) is 17.0 Å². The SMILES string of the molecule is CCOc1cc(/C=C2/SC(=Nc3ccc(C)c(Cl)c3)N(c3ccc(C)c(Cl)c3)C2=O)ccc1OCc1cccc2ccccc12. The number of rotatable bonds is 8. The number of carbonyl (C=O) groups is 1. The number of anilines is 1. The van der Waals surface area contributed by atoms with Crippen molar-refractivity contribution in [3.05, 3.63) is 134 Å². The molecule has 0 radical (unpaired) electrons. The molecule has 1 aliphatic heterocycles. The molecule has 8 heteroatoms. The summed E-state index contributed by atoms with van der Waals surface area (Å²) in [6.45, 7) is 6.65. The molecule has 0 unspecified atom stereocenters. The van der Waals surface area contributed by atoms with Crippen molar-refractivity contribution in [2.24, 2.45) is 4.99 Å². The lowest BCUT2D eigenvalue weighted by Gasteiger charge is -2.16. The van der Waals surface area contributed by atoms with E-state index >= 15 is 0 Å². The van der Waals surface area contributed by atoms with Crippen LogP contribution in [0.25, 0.3) is 16.8 Å². The van der Waals surface area contributed by atoms with Gasteiger partial charge in [0.25, 0.3) is 5.91 Å². The largest absolute Gasteiger partial charge is 0.490 e. The average Bonchev–Trinajstić information content (AvgIpc) is 3.33. The molecule has 226 valence electrons. The number of thioether (sulfide) groups is 1. The first-order chi connectivity index (χ1) is 21.8. The molecule has 1 saturated heterocycles. The lowest BCUT2D eigenvalue weighted by molar-refractivity contribution is -0.113. The number of hydrogen-bond donors (Lipinski definition) is 0. The van der Waals surface area contributed by atoms with Crippen LogP contribution in [0.4, 0.5) is 11.4 Å². The van der Waals surface area contributed by atoms with Crippen molar-refractivity contribution in [3.8, 4) is 11.5 Å². The van der Waals surface area contributed by atoms with E-state index in [4.69, 9.17) is 37.7 Å². The second kappa shape index (κ2) is 13.4.